The second-order valence-electron chi connectivity index (χ2n) is 6.48. The molecule has 1 N–H and O–H groups in total. The molecule has 0 spiro atoms. The van der Waals surface area contributed by atoms with E-state index in [1.807, 2.05) is 42.5 Å². The molecule has 0 atom stereocenters. The van der Waals surface area contributed by atoms with Crippen LogP contribution in [0.1, 0.15) is 5.56 Å². The van der Waals surface area contributed by atoms with Crippen LogP contribution in [-0.2, 0) is 16.4 Å². The van der Waals surface area contributed by atoms with Crippen LogP contribution in [0.2, 0.25) is 0 Å². The summed E-state index contributed by atoms with van der Waals surface area (Å²) in [7, 11) is -3.25. The lowest BCUT2D eigenvalue weighted by Crippen LogP contribution is -1.98. The van der Waals surface area contributed by atoms with Crippen molar-refractivity contribution in [1.82, 2.24) is 4.98 Å². The number of azo groups is 1. The number of thiazole rings is 1. The fourth-order valence-electron chi connectivity index (χ4n) is 2.71. The van der Waals surface area contributed by atoms with Gasteiger partial charge in [-0.3, -0.25) is 0 Å². The van der Waals surface area contributed by atoms with Gasteiger partial charge in [0, 0.05) is 18.5 Å². The molecule has 146 valence electrons. The van der Waals surface area contributed by atoms with E-state index in [1.54, 1.807) is 18.2 Å². The van der Waals surface area contributed by atoms with Crippen molar-refractivity contribution in [2.24, 2.45) is 10.2 Å². The number of sulfone groups is 1. The number of aromatic nitrogens is 1. The van der Waals surface area contributed by atoms with Gasteiger partial charge >= 0.3 is 0 Å². The summed E-state index contributed by atoms with van der Waals surface area (Å²) in [4.78, 5) is 4.66. The van der Waals surface area contributed by atoms with Crippen LogP contribution in [0, 0.1) is 0 Å². The van der Waals surface area contributed by atoms with Crippen molar-refractivity contribution in [2.45, 2.75) is 11.4 Å². The Kier molecular flexibility index (Phi) is 5.37. The minimum absolute atomic E-state index is 0.274. The second-order valence-corrected chi connectivity index (χ2v) is 9.51. The minimum Gasteiger partial charge on any atom is -0.381 e. The van der Waals surface area contributed by atoms with Crippen molar-refractivity contribution in [3.63, 3.8) is 0 Å². The number of hydrogen-bond acceptors (Lipinski definition) is 7. The SMILES string of the molecule is CS(=O)(=O)c1ccc2nc(N=Nc3ccc(NCc4ccccc4)cc3)sc2c1. The zero-order valence-corrected chi connectivity index (χ0v) is 17.2. The molecule has 4 rings (SSSR count). The Labute approximate surface area is 172 Å². The zero-order chi connectivity index (χ0) is 20.3. The first-order chi connectivity index (χ1) is 14.0. The maximum Gasteiger partial charge on any atom is 0.231 e. The molecule has 6 nitrogen and oxygen atoms in total. The molecule has 0 aliphatic heterocycles. The Morgan fingerprint density at radius 1 is 0.966 bits per heavy atom. The summed E-state index contributed by atoms with van der Waals surface area (Å²) in [6.45, 7) is 0.753. The van der Waals surface area contributed by atoms with Crippen LogP contribution in [0.3, 0.4) is 0 Å². The summed E-state index contributed by atoms with van der Waals surface area (Å²) in [6.07, 6.45) is 1.19. The van der Waals surface area contributed by atoms with Crippen molar-refractivity contribution in [2.75, 3.05) is 11.6 Å². The van der Waals surface area contributed by atoms with Gasteiger partial charge < -0.3 is 5.32 Å². The molecule has 0 unspecified atom stereocenters. The van der Waals surface area contributed by atoms with Crippen LogP contribution in [0.15, 0.2) is 87.9 Å². The monoisotopic (exact) mass is 422 g/mol. The highest BCUT2D eigenvalue weighted by Crippen LogP contribution is 2.31. The molecule has 0 saturated heterocycles. The van der Waals surface area contributed by atoms with Gasteiger partial charge in [-0.2, -0.15) is 0 Å². The first kappa shape index (κ1) is 19.2. The Bertz CT molecular complexity index is 1270. The van der Waals surface area contributed by atoms with Crippen LogP contribution >= 0.6 is 11.3 Å². The Balaban J connectivity index is 1.44. The normalized spacial score (nSPS) is 11.9. The van der Waals surface area contributed by atoms with Crippen molar-refractivity contribution in [1.29, 1.82) is 0 Å². The molecule has 0 aliphatic carbocycles. The average Bonchev–Trinajstić information content (AvgIpc) is 3.14. The Hall–Kier alpha value is -3.10. The van der Waals surface area contributed by atoms with Crippen molar-refractivity contribution < 1.29 is 8.42 Å². The van der Waals surface area contributed by atoms with Crippen molar-refractivity contribution in [3.05, 3.63) is 78.4 Å². The van der Waals surface area contributed by atoms with Crippen LogP contribution in [0.4, 0.5) is 16.5 Å². The lowest BCUT2D eigenvalue weighted by molar-refractivity contribution is 0.602. The van der Waals surface area contributed by atoms with E-state index in [2.05, 4.69) is 32.7 Å². The van der Waals surface area contributed by atoms with E-state index in [4.69, 9.17) is 0 Å². The highest BCUT2D eigenvalue weighted by atomic mass is 32.2. The molecule has 1 aromatic heterocycles. The van der Waals surface area contributed by atoms with E-state index >= 15 is 0 Å². The molecular formula is C21H18N4O2S2. The van der Waals surface area contributed by atoms with E-state index in [0.29, 0.717) is 16.3 Å². The topological polar surface area (TPSA) is 83.8 Å². The van der Waals surface area contributed by atoms with E-state index < -0.39 is 9.84 Å². The third kappa shape index (κ3) is 4.85. The third-order valence-corrected chi connectivity index (χ3v) is 6.25. The maximum absolute atomic E-state index is 11.7. The van der Waals surface area contributed by atoms with Crippen molar-refractivity contribution in [3.8, 4) is 0 Å². The van der Waals surface area contributed by atoms with E-state index in [9.17, 15) is 8.42 Å². The summed E-state index contributed by atoms with van der Waals surface area (Å²) in [5.41, 5.74) is 3.63. The highest BCUT2D eigenvalue weighted by molar-refractivity contribution is 7.90. The van der Waals surface area contributed by atoms with E-state index in [0.717, 1.165) is 16.9 Å². The number of anilines is 1. The lowest BCUT2D eigenvalue weighted by Gasteiger charge is -2.06. The average molecular weight is 423 g/mol. The van der Waals surface area contributed by atoms with E-state index in [-0.39, 0.29) is 4.90 Å². The highest BCUT2D eigenvalue weighted by Gasteiger charge is 2.10. The molecule has 0 fully saturated rings. The van der Waals surface area contributed by atoms with Gasteiger partial charge in [-0.15, -0.1) is 10.2 Å². The molecular weight excluding hydrogens is 404 g/mol. The summed E-state index contributed by atoms with van der Waals surface area (Å²) >= 11 is 1.31. The molecule has 0 radical (unpaired) electrons. The first-order valence-electron chi connectivity index (χ1n) is 8.88. The van der Waals surface area contributed by atoms with Crippen LogP contribution in [0.25, 0.3) is 10.2 Å². The number of rotatable bonds is 6. The fourth-order valence-corrected chi connectivity index (χ4v) is 4.26. The molecule has 0 saturated carbocycles. The number of benzene rings is 3. The maximum atomic E-state index is 11.7. The smallest absolute Gasteiger partial charge is 0.231 e. The predicted molar refractivity (Wildman–Crippen MR) is 117 cm³/mol. The first-order valence-corrected chi connectivity index (χ1v) is 11.6. The number of nitrogens with zero attached hydrogens (tertiary/aromatic N) is 3. The third-order valence-electron chi connectivity index (χ3n) is 4.23. The molecule has 8 heteroatoms. The summed E-state index contributed by atoms with van der Waals surface area (Å²) in [5, 5.41) is 12.3. The second kappa shape index (κ2) is 8.10. The Morgan fingerprint density at radius 3 is 2.45 bits per heavy atom. The van der Waals surface area contributed by atoms with Crippen LogP contribution in [0.5, 0.6) is 0 Å². The molecule has 0 bridgehead atoms. The number of nitrogens with one attached hydrogen (secondary N) is 1. The Morgan fingerprint density at radius 2 is 1.72 bits per heavy atom. The molecule has 4 aromatic rings. The quantitative estimate of drug-likeness (QED) is 0.402. The summed E-state index contributed by atoms with van der Waals surface area (Å²) in [6, 6.07) is 22.7. The van der Waals surface area contributed by atoms with Crippen LogP contribution < -0.4 is 5.32 Å². The van der Waals surface area contributed by atoms with E-state index in [1.165, 1.54) is 23.2 Å². The fraction of sp³-hybridized carbons (Fsp3) is 0.0952. The summed E-state index contributed by atoms with van der Waals surface area (Å²) < 4.78 is 24.1. The molecule has 0 aliphatic rings. The zero-order valence-electron chi connectivity index (χ0n) is 15.6. The molecule has 29 heavy (non-hydrogen) atoms. The van der Waals surface area contributed by atoms with Crippen molar-refractivity contribution >= 4 is 47.9 Å². The van der Waals surface area contributed by atoms with Gasteiger partial charge in [0.05, 0.1) is 20.8 Å². The number of hydrogen-bond donors (Lipinski definition) is 1. The van der Waals surface area contributed by atoms with Crippen LogP contribution in [-0.4, -0.2) is 19.7 Å². The van der Waals surface area contributed by atoms with Gasteiger partial charge in [0.25, 0.3) is 0 Å². The standard InChI is InChI=1S/C21H18N4O2S2/c1-29(26,27)18-11-12-19-20(13-18)28-21(23-19)25-24-17-9-7-16(8-10-17)22-14-15-5-3-2-4-6-15/h2-13,22H,14H2,1H3. The largest absolute Gasteiger partial charge is 0.381 e. The van der Waals surface area contributed by atoms with Gasteiger partial charge in [0.2, 0.25) is 5.13 Å². The van der Waals surface area contributed by atoms with Gasteiger partial charge in [-0.25, -0.2) is 13.4 Å². The predicted octanol–water partition coefficient (Wildman–Crippen LogP) is 5.73. The number of fused-ring (bicyclic) bond motifs is 1. The molecule has 3 aromatic carbocycles. The lowest BCUT2D eigenvalue weighted by atomic mass is 10.2. The molecule has 0 amide bonds. The van der Waals surface area contributed by atoms with Gasteiger partial charge in [-0.1, -0.05) is 41.7 Å². The van der Waals surface area contributed by atoms with Gasteiger partial charge in [0.1, 0.15) is 0 Å². The van der Waals surface area contributed by atoms with Gasteiger partial charge in [-0.05, 0) is 48.0 Å². The van der Waals surface area contributed by atoms with Gasteiger partial charge in [0.15, 0.2) is 9.84 Å². The molecule has 1 heterocycles. The minimum atomic E-state index is -3.25. The summed E-state index contributed by atoms with van der Waals surface area (Å²) in [5.74, 6) is 0.